The van der Waals surface area contributed by atoms with Crippen LogP contribution in [-0.2, 0) is 14.4 Å². The van der Waals surface area contributed by atoms with Gasteiger partial charge < -0.3 is 24.8 Å². The molecule has 0 unspecified atom stereocenters. The molecular weight excluding hydrogens is 498 g/mol. The Kier molecular flexibility index (Phi) is 7.96. The van der Waals surface area contributed by atoms with Gasteiger partial charge in [0.25, 0.3) is 0 Å². The first-order valence-electron chi connectivity index (χ1n) is 13.1. The third-order valence-electron chi connectivity index (χ3n) is 6.95. The Morgan fingerprint density at radius 3 is 2.44 bits per heavy atom. The van der Waals surface area contributed by atoms with Gasteiger partial charge in [0.15, 0.2) is 11.5 Å². The van der Waals surface area contributed by atoms with Gasteiger partial charge in [-0.05, 0) is 42.7 Å². The van der Waals surface area contributed by atoms with E-state index in [0.29, 0.717) is 34.2 Å². The zero-order chi connectivity index (χ0) is 27.2. The van der Waals surface area contributed by atoms with Crippen LogP contribution in [0.1, 0.15) is 43.7 Å². The molecule has 1 atom stereocenters. The molecule has 2 N–H and O–H groups in total. The van der Waals surface area contributed by atoms with Gasteiger partial charge in [-0.3, -0.25) is 19.3 Å². The number of nitrogens with one attached hydrogen (secondary N) is 2. The van der Waals surface area contributed by atoms with Gasteiger partial charge in [0.1, 0.15) is 11.8 Å². The molecule has 202 valence electrons. The Hall–Kier alpha value is -4.53. The Labute approximate surface area is 227 Å². The van der Waals surface area contributed by atoms with Crippen LogP contribution in [0.3, 0.4) is 0 Å². The number of hydrogen-bond donors (Lipinski definition) is 2. The van der Waals surface area contributed by atoms with E-state index in [0.717, 1.165) is 32.1 Å². The number of benzene rings is 3. The topological polar surface area (TPSA) is 106 Å². The number of methoxy groups -OCH3 is 1. The standard InChI is InChI=1S/C30H31N3O6/c1-37-24-14-8-13-23(18-24)33(30(36)29(35)32-22-15-16-25-26(17-22)39-19-38-25)27(20-9-4-2-5-10-20)28(34)31-21-11-6-3-7-12-21/h2,4-5,8-10,13-18,21,27H,3,6-7,11-12,19H2,1H3,(H,31,34)(H,32,35)/t27-/m0/s1. The normalized spacial score (nSPS) is 15.2. The average Bonchev–Trinajstić information content (AvgIpc) is 3.44. The molecule has 0 spiro atoms. The van der Waals surface area contributed by atoms with Crippen molar-refractivity contribution in [1.82, 2.24) is 5.32 Å². The summed E-state index contributed by atoms with van der Waals surface area (Å²) in [4.78, 5) is 42.5. The number of fused-ring (bicyclic) bond motifs is 1. The lowest BCUT2D eigenvalue weighted by molar-refractivity contribution is -0.136. The van der Waals surface area contributed by atoms with Crippen molar-refractivity contribution in [3.63, 3.8) is 0 Å². The van der Waals surface area contributed by atoms with Gasteiger partial charge in [0.05, 0.1) is 7.11 Å². The van der Waals surface area contributed by atoms with Crippen LogP contribution in [0.15, 0.2) is 72.8 Å². The molecule has 3 aromatic rings. The summed E-state index contributed by atoms with van der Waals surface area (Å²) in [5.74, 6) is -0.627. The number of anilines is 2. The van der Waals surface area contributed by atoms with Crippen molar-refractivity contribution in [2.45, 2.75) is 44.2 Å². The van der Waals surface area contributed by atoms with Crippen LogP contribution in [0.5, 0.6) is 17.2 Å². The number of carbonyl (C=O) groups is 3. The SMILES string of the molecule is COc1cccc(N(C(=O)C(=O)Nc2ccc3c(c2)OCO3)[C@H](C(=O)NC2CCCCC2)c2ccccc2)c1. The highest BCUT2D eigenvalue weighted by Gasteiger charge is 2.37. The molecule has 39 heavy (non-hydrogen) atoms. The molecule has 3 amide bonds. The lowest BCUT2D eigenvalue weighted by Gasteiger charge is -2.33. The largest absolute Gasteiger partial charge is 0.497 e. The molecule has 2 aliphatic rings. The minimum Gasteiger partial charge on any atom is -0.497 e. The van der Waals surface area contributed by atoms with E-state index in [2.05, 4.69) is 10.6 Å². The Morgan fingerprint density at radius 1 is 0.897 bits per heavy atom. The molecule has 1 saturated carbocycles. The van der Waals surface area contributed by atoms with Crippen molar-refractivity contribution < 1.29 is 28.6 Å². The molecule has 1 aliphatic heterocycles. The molecule has 1 fully saturated rings. The molecule has 9 heteroatoms. The predicted molar refractivity (Wildman–Crippen MR) is 146 cm³/mol. The second-order valence-electron chi connectivity index (χ2n) is 9.56. The number of carbonyl (C=O) groups excluding carboxylic acids is 3. The maximum absolute atomic E-state index is 13.9. The van der Waals surface area contributed by atoms with Gasteiger partial charge in [0.2, 0.25) is 12.7 Å². The lowest BCUT2D eigenvalue weighted by atomic mass is 9.94. The molecule has 0 saturated heterocycles. The third kappa shape index (κ3) is 5.98. The quantitative estimate of drug-likeness (QED) is 0.434. The summed E-state index contributed by atoms with van der Waals surface area (Å²) in [5, 5.41) is 5.79. The average molecular weight is 530 g/mol. The Balaban J connectivity index is 1.50. The van der Waals surface area contributed by atoms with Gasteiger partial charge in [-0.2, -0.15) is 0 Å². The van der Waals surface area contributed by atoms with Crippen LogP contribution in [-0.4, -0.2) is 37.7 Å². The minimum absolute atomic E-state index is 0.0159. The van der Waals surface area contributed by atoms with E-state index >= 15 is 0 Å². The summed E-state index contributed by atoms with van der Waals surface area (Å²) < 4.78 is 16.1. The highest BCUT2D eigenvalue weighted by Crippen LogP contribution is 2.35. The van der Waals surface area contributed by atoms with Crippen molar-refractivity contribution in [1.29, 1.82) is 0 Å². The molecular formula is C30H31N3O6. The van der Waals surface area contributed by atoms with Gasteiger partial charge in [-0.15, -0.1) is 0 Å². The van der Waals surface area contributed by atoms with Crippen molar-refractivity contribution >= 4 is 29.1 Å². The van der Waals surface area contributed by atoms with E-state index in [1.54, 1.807) is 66.7 Å². The fraction of sp³-hybridized carbons (Fsp3) is 0.300. The molecule has 1 heterocycles. The van der Waals surface area contributed by atoms with E-state index in [1.807, 2.05) is 6.07 Å². The van der Waals surface area contributed by atoms with Crippen LogP contribution >= 0.6 is 0 Å². The Morgan fingerprint density at radius 2 is 1.67 bits per heavy atom. The maximum Gasteiger partial charge on any atom is 0.317 e. The summed E-state index contributed by atoms with van der Waals surface area (Å²) >= 11 is 0. The first kappa shape index (κ1) is 26.1. The van der Waals surface area contributed by atoms with E-state index < -0.39 is 17.9 Å². The minimum atomic E-state index is -1.09. The monoisotopic (exact) mass is 529 g/mol. The van der Waals surface area contributed by atoms with Gasteiger partial charge in [-0.1, -0.05) is 55.7 Å². The summed E-state index contributed by atoms with van der Waals surface area (Å²) in [5.41, 5.74) is 1.30. The van der Waals surface area contributed by atoms with Crippen molar-refractivity contribution in [2.24, 2.45) is 0 Å². The first-order chi connectivity index (χ1) is 19.0. The number of nitrogens with zero attached hydrogens (tertiary/aromatic N) is 1. The zero-order valence-corrected chi connectivity index (χ0v) is 21.7. The van der Waals surface area contributed by atoms with E-state index in [4.69, 9.17) is 14.2 Å². The summed E-state index contributed by atoms with van der Waals surface area (Å²) in [7, 11) is 1.52. The second kappa shape index (κ2) is 11.9. The van der Waals surface area contributed by atoms with E-state index in [9.17, 15) is 14.4 Å². The van der Waals surface area contributed by atoms with Gasteiger partial charge in [0, 0.05) is 29.5 Å². The lowest BCUT2D eigenvalue weighted by Crippen LogP contribution is -2.50. The zero-order valence-electron chi connectivity index (χ0n) is 21.7. The van der Waals surface area contributed by atoms with Crippen molar-refractivity contribution in [2.75, 3.05) is 24.1 Å². The number of rotatable bonds is 7. The fourth-order valence-corrected chi connectivity index (χ4v) is 4.99. The molecule has 1 aliphatic carbocycles. The van der Waals surface area contributed by atoms with Gasteiger partial charge in [-0.25, -0.2) is 0 Å². The maximum atomic E-state index is 13.9. The number of ether oxygens (including phenoxy) is 3. The number of hydrogen-bond acceptors (Lipinski definition) is 6. The molecule has 0 radical (unpaired) electrons. The van der Waals surface area contributed by atoms with Crippen LogP contribution in [0, 0.1) is 0 Å². The molecule has 3 aromatic carbocycles. The highest BCUT2D eigenvalue weighted by atomic mass is 16.7. The summed E-state index contributed by atoms with van der Waals surface area (Å²) in [6.45, 7) is 0.0874. The Bertz CT molecular complexity index is 1340. The molecule has 0 aromatic heterocycles. The van der Waals surface area contributed by atoms with Crippen molar-refractivity contribution in [3.8, 4) is 17.2 Å². The van der Waals surface area contributed by atoms with Gasteiger partial charge >= 0.3 is 11.8 Å². The van der Waals surface area contributed by atoms with E-state index in [-0.39, 0.29) is 18.7 Å². The molecule has 9 nitrogen and oxygen atoms in total. The third-order valence-corrected chi connectivity index (χ3v) is 6.95. The highest BCUT2D eigenvalue weighted by molar-refractivity contribution is 6.45. The summed E-state index contributed by atoms with van der Waals surface area (Å²) in [6.07, 6.45) is 4.98. The van der Waals surface area contributed by atoms with Crippen LogP contribution in [0.25, 0.3) is 0 Å². The number of amides is 3. The van der Waals surface area contributed by atoms with Crippen LogP contribution in [0.4, 0.5) is 11.4 Å². The van der Waals surface area contributed by atoms with Crippen molar-refractivity contribution in [3.05, 3.63) is 78.4 Å². The van der Waals surface area contributed by atoms with Crippen LogP contribution < -0.4 is 29.7 Å². The van der Waals surface area contributed by atoms with E-state index in [1.165, 1.54) is 12.0 Å². The smallest absolute Gasteiger partial charge is 0.317 e. The first-order valence-corrected chi connectivity index (χ1v) is 13.1. The predicted octanol–water partition coefficient (Wildman–Crippen LogP) is 4.59. The summed E-state index contributed by atoms with van der Waals surface area (Å²) in [6, 6.07) is 19.6. The molecule has 0 bridgehead atoms. The fourth-order valence-electron chi connectivity index (χ4n) is 4.99. The molecule has 5 rings (SSSR count). The van der Waals surface area contributed by atoms with Crippen LogP contribution in [0.2, 0.25) is 0 Å². The second-order valence-corrected chi connectivity index (χ2v) is 9.56.